The molecule has 0 aliphatic heterocycles. The van der Waals surface area contributed by atoms with Gasteiger partial charge in [-0.3, -0.25) is 19.6 Å². The molecule has 0 atom stereocenters. The number of hydrogen-bond acceptors (Lipinski definition) is 5. The van der Waals surface area contributed by atoms with Gasteiger partial charge in [0.05, 0.1) is 4.92 Å². The van der Waals surface area contributed by atoms with E-state index >= 15 is 0 Å². The van der Waals surface area contributed by atoms with Gasteiger partial charge in [0.2, 0.25) is 5.91 Å². The molecule has 0 aliphatic rings. The van der Waals surface area contributed by atoms with Crippen LogP contribution in [0.25, 0.3) is 0 Å². The van der Waals surface area contributed by atoms with Gasteiger partial charge < -0.3 is 10.2 Å². The number of nitro groups is 1. The lowest BCUT2D eigenvalue weighted by atomic mass is 10.2. The van der Waals surface area contributed by atoms with Crippen LogP contribution in [0.15, 0.2) is 30.5 Å². The summed E-state index contributed by atoms with van der Waals surface area (Å²) in [5.41, 5.74) is 2.03. The number of aromatic nitrogens is 2. The maximum absolute atomic E-state index is 12.1. The van der Waals surface area contributed by atoms with Crippen molar-refractivity contribution in [3.63, 3.8) is 0 Å². The summed E-state index contributed by atoms with van der Waals surface area (Å²) in [6.45, 7) is 7.50. The first kappa shape index (κ1) is 17.5. The molecule has 8 nitrogen and oxygen atoms in total. The third-order valence-electron chi connectivity index (χ3n) is 3.85. The van der Waals surface area contributed by atoms with Crippen molar-refractivity contribution in [1.82, 2.24) is 9.78 Å². The number of rotatable bonds is 7. The standard InChI is InChI=1S/C16H21N5O3/c1-4-19(5-2)14-8-6-13(7-9-14)18-16(22)11-20-12(3)15(10-17-20)21(23)24/h6-10H,4-5,11H2,1-3H3,(H,18,22). The van der Waals surface area contributed by atoms with E-state index in [1.807, 2.05) is 24.3 Å². The quantitative estimate of drug-likeness (QED) is 0.622. The summed E-state index contributed by atoms with van der Waals surface area (Å²) in [7, 11) is 0. The first-order chi connectivity index (χ1) is 11.5. The molecular formula is C16H21N5O3. The van der Waals surface area contributed by atoms with Crippen molar-refractivity contribution in [3.8, 4) is 0 Å². The van der Waals surface area contributed by atoms with Gasteiger partial charge in [-0.25, -0.2) is 0 Å². The highest BCUT2D eigenvalue weighted by Crippen LogP contribution is 2.18. The summed E-state index contributed by atoms with van der Waals surface area (Å²) < 4.78 is 1.32. The van der Waals surface area contributed by atoms with Crippen molar-refractivity contribution < 1.29 is 9.72 Å². The second-order valence-corrected chi connectivity index (χ2v) is 5.30. The van der Waals surface area contributed by atoms with Crippen LogP contribution >= 0.6 is 0 Å². The van der Waals surface area contributed by atoms with Gasteiger partial charge in [-0.15, -0.1) is 0 Å². The Morgan fingerprint density at radius 2 is 1.92 bits per heavy atom. The maximum atomic E-state index is 12.1. The topological polar surface area (TPSA) is 93.3 Å². The molecule has 0 aliphatic carbocycles. The van der Waals surface area contributed by atoms with Crippen LogP contribution in [-0.4, -0.2) is 33.7 Å². The highest BCUT2D eigenvalue weighted by atomic mass is 16.6. The second kappa shape index (κ2) is 7.58. The fourth-order valence-electron chi connectivity index (χ4n) is 2.46. The zero-order valence-corrected chi connectivity index (χ0v) is 14.0. The van der Waals surface area contributed by atoms with Crippen LogP contribution in [-0.2, 0) is 11.3 Å². The van der Waals surface area contributed by atoms with Crippen LogP contribution in [0.3, 0.4) is 0 Å². The van der Waals surface area contributed by atoms with E-state index in [9.17, 15) is 14.9 Å². The summed E-state index contributed by atoms with van der Waals surface area (Å²) in [6, 6.07) is 7.58. The van der Waals surface area contributed by atoms with Gasteiger partial charge in [-0.1, -0.05) is 0 Å². The first-order valence-electron chi connectivity index (χ1n) is 7.77. The van der Waals surface area contributed by atoms with Crippen LogP contribution in [0.1, 0.15) is 19.5 Å². The van der Waals surface area contributed by atoms with E-state index in [0.717, 1.165) is 25.0 Å². The normalized spacial score (nSPS) is 10.5. The molecule has 128 valence electrons. The molecule has 24 heavy (non-hydrogen) atoms. The van der Waals surface area contributed by atoms with Gasteiger partial charge >= 0.3 is 5.69 Å². The van der Waals surface area contributed by atoms with Gasteiger partial charge in [-0.2, -0.15) is 5.10 Å². The number of carbonyl (C=O) groups is 1. The molecule has 2 rings (SSSR count). The summed E-state index contributed by atoms with van der Waals surface area (Å²) in [6.07, 6.45) is 1.15. The molecule has 0 saturated carbocycles. The summed E-state index contributed by atoms with van der Waals surface area (Å²) in [5, 5.41) is 17.5. The van der Waals surface area contributed by atoms with Gasteiger partial charge in [0.15, 0.2) is 0 Å². The zero-order valence-electron chi connectivity index (χ0n) is 14.0. The van der Waals surface area contributed by atoms with E-state index in [-0.39, 0.29) is 18.1 Å². The van der Waals surface area contributed by atoms with Crippen LogP contribution in [0.2, 0.25) is 0 Å². The summed E-state index contributed by atoms with van der Waals surface area (Å²) >= 11 is 0. The molecule has 1 amide bonds. The van der Waals surface area contributed by atoms with Gasteiger partial charge in [0, 0.05) is 24.5 Å². The molecule has 1 aromatic heterocycles. The third-order valence-corrected chi connectivity index (χ3v) is 3.85. The van der Waals surface area contributed by atoms with Gasteiger partial charge in [0.1, 0.15) is 18.4 Å². The van der Waals surface area contributed by atoms with Crippen molar-refractivity contribution in [2.75, 3.05) is 23.3 Å². The molecule has 0 bridgehead atoms. The van der Waals surface area contributed by atoms with Crippen LogP contribution in [0.4, 0.5) is 17.1 Å². The van der Waals surface area contributed by atoms with E-state index in [1.165, 1.54) is 4.68 Å². The maximum Gasteiger partial charge on any atom is 0.309 e. The van der Waals surface area contributed by atoms with Crippen molar-refractivity contribution in [2.24, 2.45) is 0 Å². The third kappa shape index (κ3) is 3.89. The Morgan fingerprint density at radius 3 is 2.42 bits per heavy atom. The average Bonchev–Trinajstić information content (AvgIpc) is 2.91. The van der Waals surface area contributed by atoms with E-state index in [2.05, 4.69) is 29.2 Å². The highest BCUT2D eigenvalue weighted by molar-refractivity contribution is 5.90. The number of amides is 1. The summed E-state index contributed by atoms with van der Waals surface area (Å²) in [4.78, 5) is 24.6. The number of nitrogens with zero attached hydrogens (tertiary/aromatic N) is 4. The predicted octanol–water partition coefficient (Wildman–Crippen LogP) is 2.58. The Hall–Kier alpha value is -2.90. The highest BCUT2D eigenvalue weighted by Gasteiger charge is 2.17. The molecule has 1 aromatic carbocycles. The number of benzene rings is 1. The Labute approximate surface area is 140 Å². The molecule has 1 heterocycles. The lowest BCUT2D eigenvalue weighted by Crippen LogP contribution is -2.22. The monoisotopic (exact) mass is 331 g/mol. The fraction of sp³-hybridized carbons (Fsp3) is 0.375. The van der Waals surface area contributed by atoms with Gasteiger partial charge in [-0.05, 0) is 45.0 Å². The molecule has 8 heteroatoms. The minimum atomic E-state index is -0.511. The fourth-order valence-corrected chi connectivity index (χ4v) is 2.46. The molecule has 1 N–H and O–H groups in total. The van der Waals surface area contributed by atoms with Crippen LogP contribution in [0, 0.1) is 17.0 Å². The molecule has 0 spiro atoms. The Bertz CT molecular complexity index is 720. The van der Waals surface area contributed by atoms with Gasteiger partial charge in [0.25, 0.3) is 0 Å². The van der Waals surface area contributed by atoms with Crippen molar-refractivity contribution in [3.05, 3.63) is 46.3 Å². The van der Waals surface area contributed by atoms with E-state index < -0.39 is 4.92 Å². The Kier molecular flexibility index (Phi) is 5.51. The molecule has 0 radical (unpaired) electrons. The van der Waals surface area contributed by atoms with Crippen molar-refractivity contribution in [2.45, 2.75) is 27.3 Å². The minimum Gasteiger partial charge on any atom is -0.372 e. The molecule has 0 unspecified atom stereocenters. The zero-order chi connectivity index (χ0) is 17.7. The lowest BCUT2D eigenvalue weighted by molar-refractivity contribution is -0.385. The van der Waals surface area contributed by atoms with Crippen LogP contribution < -0.4 is 10.2 Å². The van der Waals surface area contributed by atoms with Crippen molar-refractivity contribution >= 4 is 23.0 Å². The average molecular weight is 331 g/mol. The second-order valence-electron chi connectivity index (χ2n) is 5.30. The predicted molar refractivity (Wildman–Crippen MR) is 92.3 cm³/mol. The lowest BCUT2D eigenvalue weighted by Gasteiger charge is -2.21. The van der Waals surface area contributed by atoms with Crippen molar-refractivity contribution in [1.29, 1.82) is 0 Å². The van der Waals surface area contributed by atoms with Crippen LogP contribution in [0.5, 0.6) is 0 Å². The number of anilines is 2. The SMILES string of the molecule is CCN(CC)c1ccc(NC(=O)Cn2ncc([N+](=O)[O-])c2C)cc1. The molecule has 2 aromatic rings. The Balaban J connectivity index is 2.01. The number of hydrogen-bond donors (Lipinski definition) is 1. The summed E-state index contributed by atoms with van der Waals surface area (Å²) in [5.74, 6) is -0.285. The Morgan fingerprint density at radius 1 is 1.29 bits per heavy atom. The minimum absolute atomic E-state index is 0.0720. The van der Waals surface area contributed by atoms with E-state index in [0.29, 0.717) is 11.4 Å². The number of carbonyl (C=O) groups excluding carboxylic acids is 1. The van der Waals surface area contributed by atoms with E-state index in [4.69, 9.17) is 0 Å². The molecular weight excluding hydrogens is 310 g/mol. The molecule has 0 saturated heterocycles. The molecule has 0 fully saturated rings. The smallest absolute Gasteiger partial charge is 0.309 e. The number of nitrogens with one attached hydrogen (secondary N) is 1. The first-order valence-corrected chi connectivity index (χ1v) is 7.77. The largest absolute Gasteiger partial charge is 0.372 e. The van der Waals surface area contributed by atoms with E-state index in [1.54, 1.807) is 6.92 Å².